The summed E-state index contributed by atoms with van der Waals surface area (Å²) >= 11 is 2.00. The number of aryl methyl sites for hydroxylation is 1. The number of carbonyl (C=O) groups excluding carboxylic acids is 1. The molecule has 98 valence electrons. The van der Waals surface area contributed by atoms with E-state index in [-0.39, 0.29) is 16.9 Å². The maximum Gasteiger partial charge on any atom is 0.337 e. The van der Waals surface area contributed by atoms with Crippen molar-refractivity contribution >= 4 is 40.2 Å². The minimum atomic E-state index is -1.11. The molecular weight excluding hydrogens is 363 g/mol. The fourth-order valence-corrected chi connectivity index (χ4v) is 1.95. The Bertz CT molecular complexity index is 651. The fourth-order valence-electron chi connectivity index (χ4n) is 1.46. The Morgan fingerprint density at radius 1 is 1.37 bits per heavy atom. The third-order valence-electron chi connectivity index (χ3n) is 2.32. The first-order valence-corrected chi connectivity index (χ1v) is 6.33. The first-order valence-electron chi connectivity index (χ1n) is 5.25. The molecule has 1 amide bonds. The molecule has 1 aromatic heterocycles. The average Bonchev–Trinajstić information content (AvgIpc) is 2.78. The summed E-state index contributed by atoms with van der Waals surface area (Å²) < 4.78 is 5.56. The molecule has 0 radical (unpaired) electrons. The number of anilines is 1. The summed E-state index contributed by atoms with van der Waals surface area (Å²) in [5, 5.41) is 15.2. The highest BCUT2D eigenvalue weighted by molar-refractivity contribution is 14.1. The molecule has 0 fully saturated rings. The molecule has 2 aromatic rings. The normalized spacial score (nSPS) is 10.2. The van der Waals surface area contributed by atoms with Crippen LogP contribution in [0.1, 0.15) is 26.6 Å². The zero-order chi connectivity index (χ0) is 14.0. The number of aromatic carboxylic acids is 1. The van der Waals surface area contributed by atoms with Gasteiger partial charge in [-0.05, 0) is 47.7 Å². The maximum atomic E-state index is 11.9. The maximum absolute atomic E-state index is 11.9. The van der Waals surface area contributed by atoms with Gasteiger partial charge in [0, 0.05) is 9.64 Å². The van der Waals surface area contributed by atoms with Crippen LogP contribution in [0.3, 0.4) is 0 Å². The van der Waals surface area contributed by atoms with Crippen LogP contribution < -0.4 is 5.32 Å². The molecule has 0 aliphatic carbocycles. The van der Waals surface area contributed by atoms with Crippen LogP contribution >= 0.6 is 22.6 Å². The largest absolute Gasteiger partial charge is 0.478 e. The molecule has 1 aromatic carbocycles. The Morgan fingerprint density at radius 3 is 2.68 bits per heavy atom. The summed E-state index contributed by atoms with van der Waals surface area (Å²) in [7, 11) is 0. The van der Waals surface area contributed by atoms with E-state index < -0.39 is 11.9 Å². The second kappa shape index (κ2) is 5.39. The summed E-state index contributed by atoms with van der Waals surface area (Å²) in [5.41, 5.74) is 0.353. The SMILES string of the molecule is Cc1cc(C(=O)Nc2ccc(I)cc2C(=O)O)no1. The number of hydrogen-bond donors (Lipinski definition) is 2. The zero-order valence-corrected chi connectivity index (χ0v) is 12.0. The highest BCUT2D eigenvalue weighted by Crippen LogP contribution is 2.19. The summed E-state index contributed by atoms with van der Waals surface area (Å²) in [6, 6.07) is 6.20. The minimum Gasteiger partial charge on any atom is -0.478 e. The van der Waals surface area contributed by atoms with Gasteiger partial charge in [0.25, 0.3) is 5.91 Å². The molecule has 6 nitrogen and oxygen atoms in total. The van der Waals surface area contributed by atoms with E-state index in [1.165, 1.54) is 18.2 Å². The van der Waals surface area contributed by atoms with Gasteiger partial charge in [0.1, 0.15) is 5.76 Å². The number of carboxylic acids is 1. The Kier molecular flexibility index (Phi) is 3.84. The van der Waals surface area contributed by atoms with Crippen LogP contribution in [-0.4, -0.2) is 22.1 Å². The zero-order valence-electron chi connectivity index (χ0n) is 9.81. The molecule has 0 atom stereocenters. The van der Waals surface area contributed by atoms with Crippen molar-refractivity contribution in [2.75, 3.05) is 5.32 Å². The van der Waals surface area contributed by atoms with Gasteiger partial charge in [0.05, 0.1) is 11.3 Å². The molecular formula is C12H9IN2O4. The number of halogens is 1. The summed E-state index contributed by atoms with van der Waals surface area (Å²) in [6.07, 6.45) is 0. The second-order valence-electron chi connectivity index (χ2n) is 3.77. The molecule has 0 bridgehead atoms. The van der Waals surface area contributed by atoms with E-state index in [1.54, 1.807) is 13.0 Å². The van der Waals surface area contributed by atoms with Crippen molar-refractivity contribution in [2.24, 2.45) is 0 Å². The number of amides is 1. The van der Waals surface area contributed by atoms with E-state index in [2.05, 4.69) is 10.5 Å². The van der Waals surface area contributed by atoms with Gasteiger partial charge in [0.15, 0.2) is 5.69 Å². The Hall–Kier alpha value is -1.90. The average molecular weight is 372 g/mol. The van der Waals surface area contributed by atoms with Crippen LogP contribution in [0.4, 0.5) is 5.69 Å². The monoisotopic (exact) mass is 372 g/mol. The number of nitrogens with one attached hydrogen (secondary N) is 1. The molecule has 0 unspecified atom stereocenters. The quantitative estimate of drug-likeness (QED) is 0.808. The number of hydrogen-bond acceptors (Lipinski definition) is 4. The van der Waals surface area contributed by atoms with Crippen molar-refractivity contribution in [1.82, 2.24) is 5.16 Å². The summed E-state index contributed by atoms with van der Waals surface area (Å²) in [4.78, 5) is 23.0. The lowest BCUT2D eigenvalue weighted by Gasteiger charge is -2.07. The van der Waals surface area contributed by atoms with Crippen LogP contribution in [0.2, 0.25) is 0 Å². The Balaban J connectivity index is 2.28. The number of carbonyl (C=O) groups is 2. The van der Waals surface area contributed by atoms with Crippen molar-refractivity contribution in [3.8, 4) is 0 Å². The lowest BCUT2D eigenvalue weighted by Crippen LogP contribution is -2.15. The Morgan fingerprint density at radius 2 is 2.11 bits per heavy atom. The van der Waals surface area contributed by atoms with Gasteiger partial charge in [-0.2, -0.15) is 0 Å². The molecule has 0 saturated heterocycles. The van der Waals surface area contributed by atoms with Crippen molar-refractivity contribution in [2.45, 2.75) is 6.92 Å². The van der Waals surface area contributed by atoms with Gasteiger partial charge in [-0.15, -0.1) is 0 Å². The third-order valence-corrected chi connectivity index (χ3v) is 2.99. The molecule has 0 aliphatic heterocycles. The van der Waals surface area contributed by atoms with Crippen LogP contribution in [-0.2, 0) is 0 Å². The first kappa shape index (κ1) is 13.5. The van der Waals surface area contributed by atoms with Gasteiger partial charge in [-0.3, -0.25) is 4.79 Å². The molecule has 0 spiro atoms. The van der Waals surface area contributed by atoms with E-state index in [0.29, 0.717) is 5.76 Å². The highest BCUT2D eigenvalue weighted by Gasteiger charge is 2.16. The predicted molar refractivity (Wildman–Crippen MR) is 75.3 cm³/mol. The second-order valence-corrected chi connectivity index (χ2v) is 5.02. The van der Waals surface area contributed by atoms with Gasteiger partial charge in [-0.25, -0.2) is 4.79 Å². The van der Waals surface area contributed by atoms with Crippen molar-refractivity contribution < 1.29 is 19.2 Å². The minimum absolute atomic E-state index is 0.0282. The van der Waals surface area contributed by atoms with Gasteiger partial charge in [-0.1, -0.05) is 5.16 Å². The third kappa shape index (κ3) is 3.11. The van der Waals surface area contributed by atoms with Crippen molar-refractivity contribution in [3.05, 3.63) is 44.9 Å². The van der Waals surface area contributed by atoms with Crippen LogP contribution in [0.15, 0.2) is 28.8 Å². The topological polar surface area (TPSA) is 92.4 Å². The molecule has 0 aliphatic rings. The predicted octanol–water partition coefficient (Wildman–Crippen LogP) is 2.54. The number of aromatic nitrogens is 1. The number of rotatable bonds is 3. The van der Waals surface area contributed by atoms with Gasteiger partial charge < -0.3 is 14.9 Å². The van der Waals surface area contributed by atoms with E-state index in [1.807, 2.05) is 22.6 Å². The molecule has 0 saturated carbocycles. The fraction of sp³-hybridized carbons (Fsp3) is 0.0833. The van der Waals surface area contributed by atoms with Crippen LogP contribution in [0.25, 0.3) is 0 Å². The first-order chi connectivity index (χ1) is 8.97. The smallest absolute Gasteiger partial charge is 0.337 e. The number of benzene rings is 1. The molecule has 2 rings (SSSR count). The summed E-state index contributed by atoms with van der Waals surface area (Å²) in [6.45, 7) is 1.66. The molecule has 19 heavy (non-hydrogen) atoms. The van der Waals surface area contributed by atoms with Gasteiger partial charge in [0.2, 0.25) is 0 Å². The van der Waals surface area contributed by atoms with Crippen molar-refractivity contribution in [1.29, 1.82) is 0 Å². The lowest BCUT2D eigenvalue weighted by atomic mass is 10.2. The van der Waals surface area contributed by atoms with E-state index in [4.69, 9.17) is 9.63 Å². The number of carboxylic acid groups (broad SMARTS) is 1. The number of nitrogens with zero attached hydrogens (tertiary/aromatic N) is 1. The highest BCUT2D eigenvalue weighted by atomic mass is 127. The summed E-state index contributed by atoms with van der Waals surface area (Å²) in [5.74, 6) is -1.11. The van der Waals surface area contributed by atoms with E-state index >= 15 is 0 Å². The molecule has 1 heterocycles. The lowest BCUT2D eigenvalue weighted by molar-refractivity contribution is 0.0698. The van der Waals surface area contributed by atoms with E-state index in [9.17, 15) is 9.59 Å². The van der Waals surface area contributed by atoms with Crippen LogP contribution in [0.5, 0.6) is 0 Å². The van der Waals surface area contributed by atoms with Crippen LogP contribution in [0, 0.1) is 10.5 Å². The molecule has 2 N–H and O–H groups in total. The Labute approximate surface area is 121 Å². The van der Waals surface area contributed by atoms with Gasteiger partial charge >= 0.3 is 5.97 Å². The van der Waals surface area contributed by atoms with E-state index in [0.717, 1.165) is 3.57 Å². The molecule has 7 heteroatoms. The van der Waals surface area contributed by atoms with Crippen molar-refractivity contribution in [3.63, 3.8) is 0 Å². The standard InChI is InChI=1S/C12H9IN2O4/c1-6-4-10(15-19-6)11(16)14-9-3-2-7(13)5-8(9)12(17)18/h2-5H,1H3,(H,14,16)(H,17,18).